The predicted molar refractivity (Wildman–Crippen MR) is 127 cm³/mol. The molecule has 2 unspecified atom stereocenters. The van der Waals surface area contributed by atoms with Crippen LogP contribution in [0.1, 0.15) is 64.7 Å². The van der Waals surface area contributed by atoms with Crippen LogP contribution in [-0.4, -0.2) is 26.9 Å². The van der Waals surface area contributed by atoms with Crippen LogP contribution in [0.15, 0.2) is 48.6 Å². The molecule has 3 aliphatic rings. The molecule has 2 atom stereocenters. The molecule has 0 aromatic heterocycles. The molecule has 140 valence electrons. The molecule has 0 amide bonds. The summed E-state index contributed by atoms with van der Waals surface area (Å²) < 4.78 is 0. The third-order valence-corrected chi connectivity index (χ3v) is 11.5. The van der Waals surface area contributed by atoms with Crippen molar-refractivity contribution in [2.24, 2.45) is 5.92 Å². The number of fused-ring (bicyclic) bond motifs is 3. The van der Waals surface area contributed by atoms with Gasteiger partial charge in [0.1, 0.15) is 0 Å². The van der Waals surface area contributed by atoms with Gasteiger partial charge in [-0.15, -0.1) is 0 Å². The molecule has 0 saturated carbocycles. The second kappa shape index (κ2) is 7.21. The van der Waals surface area contributed by atoms with E-state index in [4.69, 9.17) is 0 Å². The summed E-state index contributed by atoms with van der Waals surface area (Å²) in [5.74, 6) is 0.601. The summed E-state index contributed by atoms with van der Waals surface area (Å²) in [7, 11) is -1.62. The first-order chi connectivity index (χ1) is 13.0. The molecule has 5 rings (SSSR count). The van der Waals surface area contributed by atoms with E-state index in [9.17, 15) is 0 Å². The van der Waals surface area contributed by atoms with Crippen molar-refractivity contribution in [3.8, 4) is 0 Å². The maximum atomic E-state index is 2.67. The Morgan fingerprint density at radius 3 is 2.39 bits per heavy atom. The van der Waals surface area contributed by atoms with Gasteiger partial charge in [0, 0.05) is 0 Å². The first-order valence-corrected chi connectivity index (χ1v) is 13.8. The van der Waals surface area contributed by atoms with E-state index in [2.05, 4.69) is 81.6 Å². The molecular formula is C26H31LiSi. The molecule has 0 radical (unpaired) electrons. The normalized spacial score (nSPS) is 22.0. The molecule has 0 heterocycles. The van der Waals surface area contributed by atoms with Crippen molar-refractivity contribution in [1.29, 1.82) is 0 Å². The molecule has 28 heavy (non-hydrogen) atoms. The molecule has 0 nitrogen and oxygen atoms in total. The maximum absolute atomic E-state index is 2.67. The zero-order valence-electron chi connectivity index (χ0n) is 17.0. The van der Waals surface area contributed by atoms with Gasteiger partial charge in [0.05, 0.1) is 8.07 Å². The van der Waals surface area contributed by atoms with Gasteiger partial charge in [0.15, 0.2) is 0 Å². The third-order valence-electron chi connectivity index (χ3n) is 7.28. The number of rotatable bonds is 3. The van der Waals surface area contributed by atoms with Crippen LogP contribution in [0, 0.1) is 5.92 Å². The van der Waals surface area contributed by atoms with Crippen molar-refractivity contribution in [1.82, 2.24) is 0 Å². The van der Waals surface area contributed by atoms with E-state index in [0.29, 0.717) is 17.0 Å². The van der Waals surface area contributed by atoms with Crippen LogP contribution in [0.25, 0.3) is 11.6 Å². The Morgan fingerprint density at radius 1 is 0.929 bits per heavy atom. The summed E-state index contributed by atoms with van der Waals surface area (Å²) in [5.41, 5.74) is 12.3. The second-order valence-electron chi connectivity index (χ2n) is 9.60. The summed E-state index contributed by atoms with van der Waals surface area (Å²) in [5, 5.41) is 0. The SMILES string of the molecule is CC(C)C1=CC([Si](C)(C)C2C=Cc3ccccc32)c2cc3c(cc21)CCC3.[LiH]. The summed E-state index contributed by atoms with van der Waals surface area (Å²) >= 11 is 0. The molecule has 0 N–H and O–H groups in total. The molecule has 0 saturated heterocycles. The van der Waals surface area contributed by atoms with Crippen LogP contribution in [0.3, 0.4) is 0 Å². The fraction of sp³-hybridized carbons (Fsp3) is 0.385. The summed E-state index contributed by atoms with van der Waals surface area (Å²) in [6, 6.07) is 14.2. The van der Waals surface area contributed by atoms with Crippen molar-refractivity contribution in [2.45, 2.75) is 57.3 Å². The molecule has 0 spiro atoms. The first-order valence-electron chi connectivity index (χ1n) is 10.6. The van der Waals surface area contributed by atoms with Crippen molar-refractivity contribution < 1.29 is 0 Å². The van der Waals surface area contributed by atoms with Crippen molar-refractivity contribution in [3.63, 3.8) is 0 Å². The Bertz CT molecular complexity index is 980. The number of allylic oxidation sites excluding steroid dienone is 3. The topological polar surface area (TPSA) is 0 Å². The van der Waals surface area contributed by atoms with Gasteiger partial charge < -0.3 is 0 Å². The van der Waals surface area contributed by atoms with E-state index >= 15 is 0 Å². The van der Waals surface area contributed by atoms with Gasteiger partial charge in [-0.25, -0.2) is 0 Å². The minimum atomic E-state index is -1.62. The second-order valence-corrected chi connectivity index (χ2v) is 14.5. The average Bonchev–Trinajstić information content (AvgIpc) is 3.35. The van der Waals surface area contributed by atoms with Crippen LogP contribution in [0.5, 0.6) is 0 Å². The average molecular weight is 379 g/mol. The van der Waals surface area contributed by atoms with Crippen molar-refractivity contribution in [2.75, 3.05) is 0 Å². The van der Waals surface area contributed by atoms with Crippen LogP contribution >= 0.6 is 0 Å². The number of hydrogen-bond acceptors (Lipinski definition) is 0. The first kappa shape index (κ1) is 20.0. The molecule has 2 heteroatoms. The predicted octanol–water partition coefficient (Wildman–Crippen LogP) is 6.26. The molecular weight excluding hydrogens is 347 g/mol. The standard InChI is InChI=1S/C26H30Si.Li.H/c1-17(2)22-16-26(24-15-20-10-7-9-19(20)14-23(22)24)27(3,4)25-13-12-18-8-5-6-11-21(18)25;;/h5-6,8,11-17,25-26H,7,9-10H2,1-4H3;;. The number of benzene rings is 2. The molecule has 0 aliphatic heterocycles. The van der Waals surface area contributed by atoms with E-state index in [0.717, 1.165) is 0 Å². The third kappa shape index (κ3) is 2.95. The van der Waals surface area contributed by atoms with Gasteiger partial charge in [-0.05, 0) is 75.2 Å². The monoisotopic (exact) mass is 378 g/mol. The summed E-state index contributed by atoms with van der Waals surface area (Å²) in [4.78, 5) is 0. The van der Waals surface area contributed by atoms with Crippen molar-refractivity contribution >= 4 is 38.6 Å². The molecule has 0 fully saturated rings. The quantitative estimate of drug-likeness (QED) is 0.553. The Balaban J connectivity index is 0.00000192. The fourth-order valence-corrected chi connectivity index (χ4v) is 9.41. The van der Waals surface area contributed by atoms with Crippen LogP contribution in [0.2, 0.25) is 13.1 Å². The molecule has 0 bridgehead atoms. The summed E-state index contributed by atoms with van der Waals surface area (Å²) in [6.07, 6.45) is 11.4. The van der Waals surface area contributed by atoms with E-state index in [1.807, 2.05) is 0 Å². The van der Waals surface area contributed by atoms with E-state index in [-0.39, 0.29) is 18.9 Å². The minimum absolute atomic E-state index is 0. The Kier molecular flexibility index (Phi) is 5.16. The van der Waals surface area contributed by atoms with Gasteiger partial charge >= 0.3 is 18.9 Å². The van der Waals surface area contributed by atoms with Gasteiger partial charge in [-0.2, -0.15) is 0 Å². The molecule has 3 aliphatic carbocycles. The fourth-order valence-electron chi connectivity index (χ4n) is 5.72. The Hall–Kier alpha value is -1.27. The Labute approximate surface area is 183 Å². The van der Waals surface area contributed by atoms with Crippen LogP contribution in [-0.2, 0) is 12.8 Å². The van der Waals surface area contributed by atoms with Crippen LogP contribution in [0.4, 0.5) is 0 Å². The van der Waals surface area contributed by atoms with E-state index in [1.54, 1.807) is 33.4 Å². The van der Waals surface area contributed by atoms with Gasteiger partial charge in [0.25, 0.3) is 0 Å². The number of hydrogen-bond donors (Lipinski definition) is 0. The van der Waals surface area contributed by atoms with E-state index in [1.165, 1.54) is 24.8 Å². The zero-order valence-corrected chi connectivity index (χ0v) is 18.0. The molecule has 2 aromatic carbocycles. The summed E-state index contributed by atoms with van der Waals surface area (Å²) in [6.45, 7) is 9.96. The van der Waals surface area contributed by atoms with E-state index < -0.39 is 8.07 Å². The zero-order chi connectivity index (χ0) is 18.8. The Morgan fingerprint density at radius 2 is 1.64 bits per heavy atom. The van der Waals surface area contributed by atoms with Gasteiger partial charge in [-0.1, -0.05) is 81.6 Å². The number of aryl methyl sites for hydroxylation is 2. The van der Waals surface area contributed by atoms with Gasteiger partial charge in [-0.3, -0.25) is 0 Å². The van der Waals surface area contributed by atoms with Gasteiger partial charge in [0.2, 0.25) is 0 Å². The van der Waals surface area contributed by atoms with Crippen molar-refractivity contribution in [3.05, 3.63) is 81.9 Å². The molecule has 2 aromatic rings. The van der Waals surface area contributed by atoms with Crippen LogP contribution < -0.4 is 0 Å².